The van der Waals surface area contributed by atoms with Crippen LogP contribution >= 0.6 is 0 Å². The van der Waals surface area contributed by atoms with E-state index in [-0.39, 0.29) is 23.2 Å². The molecule has 2 aliphatic rings. The highest BCUT2D eigenvalue weighted by molar-refractivity contribution is 5.85. The largest absolute Gasteiger partial charge is 0.354 e. The third-order valence-electron chi connectivity index (χ3n) is 6.68. The fourth-order valence-corrected chi connectivity index (χ4v) is 4.90. The third kappa shape index (κ3) is 3.93. The summed E-state index contributed by atoms with van der Waals surface area (Å²) in [6, 6.07) is 5.94. The molecule has 1 saturated carbocycles. The molecule has 1 aromatic carbocycles. The summed E-state index contributed by atoms with van der Waals surface area (Å²) in [5.41, 5.74) is 0.429. The Morgan fingerprint density at radius 1 is 1.29 bits per heavy atom. The number of hydrogen-bond donors (Lipinski definition) is 1. The average molecular weight is 390 g/mol. The number of halogens is 1. The molecular weight excluding hydrogens is 357 g/mol. The molecule has 2 amide bonds. The van der Waals surface area contributed by atoms with Crippen molar-refractivity contribution in [2.75, 3.05) is 27.2 Å². The number of amides is 2. The van der Waals surface area contributed by atoms with E-state index in [1.807, 2.05) is 6.92 Å². The van der Waals surface area contributed by atoms with Gasteiger partial charge in [0, 0.05) is 30.6 Å². The van der Waals surface area contributed by atoms with Crippen LogP contribution in [0.25, 0.3) is 0 Å². The monoisotopic (exact) mass is 389 g/mol. The number of piperidine rings is 1. The van der Waals surface area contributed by atoms with Gasteiger partial charge < -0.3 is 15.1 Å². The van der Waals surface area contributed by atoms with Gasteiger partial charge in [-0.1, -0.05) is 31.0 Å². The number of likely N-dealkylation sites (tertiary alicyclic amines) is 1. The summed E-state index contributed by atoms with van der Waals surface area (Å²) >= 11 is 0. The molecular formula is C22H32FN3O2. The third-order valence-corrected chi connectivity index (χ3v) is 6.68. The Hall–Kier alpha value is -1.95. The predicted octanol–water partition coefficient (Wildman–Crippen LogP) is 3.12. The van der Waals surface area contributed by atoms with Crippen LogP contribution in [0, 0.1) is 11.7 Å². The maximum absolute atomic E-state index is 14.6. The first-order valence-corrected chi connectivity index (χ1v) is 10.4. The Morgan fingerprint density at radius 2 is 1.96 bits per heavy atom. The van der Waals surface area contributed by atoms with Gasteiger partial charge in [-0.05, 0) is 46.3 Å². The van der Waals surface area contributed by atoms with E-state index in [1.54, 1.807) is 23.1 Å². The van der Waals surface area contributed by atoms with Crippen LogP contribution in [0.15, 0.2) is 24.3 Å². The molecule has 0 aromatic heterocycles. The molecule has 2 fully saturated rings. The zero-order chi connectivity index (χ0) is 20.3. The van der Waals surface area contributed by atoms with Crippen LogP contribution in [0.3, 0.4) is 0 Å². The number of rotatable bonds is 6. The maximum atomic E-state index is 14.6. The van der Waals surface area contributed by atoms with Gasteiger partial charge in [0.2, 0.25) is 11.8 Å². The van der Waals surface area contributed by atoms with Crippen molar-refractivity contribution in [2.24, 2.45) is 5.92 Å². The lowest BCUT2D eigenvalue weighted by atomic mass is 9.83. The Balaban J connectivity index is 1.82. The summed E-state index contributed by atoms with van der Waals surface area (Å²) < 4.78 is 14.6. The van der Waals surface area contributed by atoms with E-state index in [1.165, 1.54) is 18.9 Å². The van der Waals surface area contributed by atoms with Gasteiger partial charge in [0.05, 0.1) is 12.0 Å². The van der Waals surface area contributed by atoms with Gasteiger partial charge in [-0.25, -0.2) is 4.39 Å². The smallest absolute Gasteiger partial charge is 0.225 e. The summed E-state index contributed by atoms with van der Waals surface area (Å²) in [6.45, 7) is 2.94. The second kappa shape index (κ2) is 8.60. The highest BCUT2D eigenvalue weighted by Crippen LogP contribution is 2.38. The molecule has 5 nitrogen and oxygen atoms in total. The number of carbonyl (C=O) groups is 2. The molecule has 1 aliphatic heterocycles. The van der Waals surface area contributed by atoms with Crippen molar-refractivity contribution in [2.45, 2.75) is 57.0 Å². The van der Waals surface area contributed by atoms with Gasteiger partial charge in [0.25, 0.3) is 0 Å². The number of hydrogen-bond acceptors (Lipinski definition) is 3. The molecule has 1 heterocycles. The highest BCUT2D eigenvalue weighted by atomic mass is 19.1. The maximum Gasteiger partial charge on any atom is 0.225 e. The summed E-state index contributed by atoms with van der Waals surface area (Å²) in [6.07, 6.45) is 5.27. The number of benzene rings is 1. The topological polar surface area (TPSA) is 52.7 Å². The normalized spacial score (nSPS) is 24.6. The van der Waals surface area contributed by atoms with Crippen molar-refractivity contribution in [1.29, 1.82) is 0 Å². The Bertz CT molecular complexity index is 715. The molecule has 1 aromatic rings. The molecule has 28 heavy (non-hydrogen) atoms. The van der Waals surface area contributed by atoms with E-state index in [0.717, 1.165) is 12.8 Å². The van der Waals surface area contributed by atoms with Gasteiger partial charge in [0.1, 0.15) is 5.82 Å². The van der Waals surface area contributed by atoms with Gasteiger partial charge in [-0.2, -0.15) is 0 Å². The first-order valence-electron chi connectivity index (χ1n) is 10.4. The zero-order valence-corrected chi connectivity index (χ0v) is 17.2. The van der Waals surface area contributed by atoms with Crippen molar-refractivity contribution in [3.63, 3.8) is 0 Å². The lowest BCUT2D eigenvalue weighted by Gasteiger charge is -2.41. The van der Waals surface area contributed by atoms with Gasteiger partial charge in [-0.3, -0.25) is 9.59 Å². The lowest BCUT2D eigenvalue weighted by molar-refractivity contribution is -0.143. The van der Waals surface area contributed by atoms with E-state index in [9.17, 15) is 14.0 Å². The fourth-order valence-electron chi connectivity index (χ4n) is 4.90. The fraction of sp³-hybridized carbons (Fsp3) is 0.636. The van der Waals surface area contributed by atoms with E-state index in [4.69, 9.17) is 0 Å². The van der Waals surface area contributed by atoms with Crippen molar-refractivity contribution in [3.05, 3.63) is 35.6 Å². The molecule has 154 valence electrons. The van der Waals surface area contributed by atoms with Gasteiger partial charge in [0.15, 0.2) is 0 Å². The molecule has 2 atom stereocenters. The molecule has 0 unspecified atom stereocenters. The standard InChI is InChI=1S/C22H32FN3O2/c1-4-26-19(27)12-11-17(20(26)16-9-5-6-10-18(16)23)21(28)24-15-22(25(2)3)13-7-8-14-22/h5-6,9-10,17,20H,4,7-8,11-15H2,1-3H3,(H,24,28)/t17-,20+/m1/s1. The summed E-state index contributed by atoms with van der Waals surface area (Å²) in [4.78, 5) is 29.5. The molecule has 1 saturated heterocycles. The predicted molar refractivity (Wildman–Crippen MR) is 107 cm³/mol. The van der Waals surface area contributed by atoms with E-state index < -0.39 is 12.0 Å². The van der Waals surface area contributed by atoms with Crippen molar-refractivity contribution >= 4 is 11.8 Å². The second-order valence-electron chi connectivity index (χ2n) is 8.33. The minimum absolute atomic E-state index is 0.00190. The average Bonchev–Trinajstić information content (AvgIpc) is 3.17. The molecule has 1 N–H and O–H groups in total. The summed E-state index contributed by atoms with van der Waals surface area (Å²) in [7, 11) is 4.13. The number of likely N-dealkylation sites (N-methyl/N-ethyl adjacent to an activating group) is 1. The molecule has 0 bridgehead atoms. The number of nitrogens with zero attached hydrogens (tertiary/aromatic N) is 2. The van der Waals surface area contributed by atoms with Crippen LogP contribution in [0.4, 0.5) is 4.39 Å². The van der Waals surface area contributed by atoms with E-state index >= 15 is 0 Å². The van der Waals surface area contributed by atoms with Crippen LogP contribution in [0.5, 0.6) is 0 Å². The van der Waals surface area contributed by atoms with Crippen LogP contribution in [0.1, 0.15) is 57.1 Å². The second-order valence-corrected chi connectivity index (χ2v) is 8.33. The Morgan fingerprint density at radius 3 is 2.57 bits per heavy atom. The molecule has 1 aliphatic carbocycles. The molecule has 6 heteroatoms. The highest BCUT2D eigenvalue weighted by Gasteiger charge is 2.42. The van der Waals surface area contributed by atoms with Gasteiger partial charge in [-0.15, -0.1) is 0 Å². The van der Waals surface area contributed by atoms with Gasteiger partial charge >= 0.3 is 0 Å². The van der Waals surface area contributed by atoms with Crippen molar-refractivity contribution in [3.8, 4) is 0 Å². The van der Waals surface area contributed by atoms with E-state index in [2.05, 4.69) is 24.3 Å². The lowest BCUT2D eigenvalue weighted by Crippen LogP contribution is -2.54. The quantitative estimate of drug-likeness (QED) is 0.813. The first kappa shape index (κ1) is 20.8. The zero-order valence-electron chi connectivity index (χ0n) is 17.2. The number of carbonyl (C=O) groups excluding carboxylic acids is 2. The van der Waals surface area contributed by atoms with Crippen molar-refractivity contribution in [1.82, 2.24) is 15.1 Å². The summed E-state index contributed by atoms with van der Waals surface area (Å²) in [5.74, 6) is -0.887. The molecule has 0 spiro atoms. The van der Waals surface area contributed by atoms with Crippen LogP contribution in [-0.2, 0) is 9.59 Å². The van der Waals surface area contributed by atoms with Crippen LogP contribution < -0.4 is 5.32 Å². The van der Waals surface area contributed by atoms with Crippen LogP contribution in [-0.4, -0.2) is 54.3 Å². The minimum atomic E-state index is -0.550. The Labute approximate surface area is 167 Å². The van der Waals surface area contributed by atoms with Crippen molar-refractivity contribution < 1.29 is 14.0 Å². The first-order chi connectivity index (χ1) is 13.4. The van der Waals surface area contributed by atoms with Crippen LogP contribution in [0.2, 0.25) is 0 Å². The molecule has 0 radical (unpaired) electrons. The SMILES string of the molecule is CCN1C(=O)CC[C@@H](C(=O)NCC2(N(C)C)CCCC2)[C@@H]1c1ccccc1F. The van der Waals surface area contributed by atoms with E-state index in [0.29, 0.717) is 31.5 Å². The molecule has 3 rings (SSSR count). The number of nitrogens with one attached hydrogen (secondary N) is 1. The Kier molecular flexibility index (Phi) is 6.38. The minimum Gasteiger partial charge on any atom is -0.354 e. The summed E-state index contributed by atoms with van der Waals surface area (Å²) in [5, 5.41) is 3.15.